The van der Waals surface area contributed by atoms with Gasteiger partial charge in [-0.05, 0) is 35.5 Å². The van der Waals surface area contributed by atoms with Crippen LogP contribution in [0.1, 0.15) is 37.8 Å². The molecule has 0 aliphatic heterocycles. The van der Waals surface area contributed by atoms with Crippen molar-refractivity contribution in [3.63, 3.8) is 0 Å². The maximum atomic E-state index is 13.2. The highest BCUT2D eigenvalue weighted by Crippen LogP contribution is 2.30. The summed E-state index contributed by atoms with van der Waals surface area (Å²) in [6, 6.07) is 5.08. The Bertz CT molecular complexity index is 316. The molecule has 76 valence electrons. The Labute approximate surface area is 86.9 Å². The summed E-state index contributed by atoms with van der Waals surface area (Å²) in [6.07, 6.45) is 2.10. The van der Waals surface area contributed by atoms with Crippen molar-refractivity contribution in [1.82, 2.24) is 0 Å². The van der Waals surface area contributed by atoms with Crippen LogP contribution in [0.4, 0.5) is 4.39 Å². The lowest BCUT2D eigenvalue weighted by Crippen LogP contribution is -2.25. The number of halogens is 1. The third-order valence-corrected chi connectivity index (χ3v) is 3.41. The van der Waals surface area contributed by atoms with E-state index in [1.54, 1.807) is 6.07 Å². The molecule has 0 N–H and O–H groups in total. The Kier molecular flexibility index (Phi) is 3.36. The summed E-state index contributed by atoms with van der Waals surface area (Å²) in [7, 11) is 2.20. The van der Waals surface area contributed by atoms with Crippen LogP contribution in [0.5, 0.6) is 0 Å². The highest BCUT2D eigenvalue weighted by atomic mass is 19.1. The van der Waals surface area contributed by atoms with E-state index in [4.69, 9.17) is 0 Å². The topological polar surface area (TPSA) is 0 Å². The predicted molar refractivity (Wildman–Crippen MR) is 61.9 cm³/mol. The molecule has 0 amide bonds. The minimum Gasteiger partial charge on any atom is -0.207 e. The fourth-order valence-corrected chi connectivity index (χ4v) is 1.88. The molecule has 0 bridgehead atoms. The molecule has 0 heterocycles. The van der Waals surface area contributed by atoms with Crippen molar-refractivity contribution in [3.8, 4) is 0 Å². The normalized spacial score (nSPS) is 11.7. The average molecular weight is 192 g/mol. The Morgan fingerprint density at radius 3 is 2.36 bits per heavy atom. The third-order valence-electron chi connectivity index (χ3n) is 3.41. The molecule has 0 aliphatic rings. The fraction of sp³-hybridized carbons (Fsp3) is 0.500. The number of hydrogen-bond donors (Lipinski definition) is 0. The maximum absolute atomic E-state index is 13.2. The Morgan fingerprint density at radius 2 is 1.86 bits per heavy atom. The average Bonchev–Trinajstić information content (AvgIpc) is 2.20. The van der Waals surface area contributed by atoms with E-state index in [1.165, 1.54) is 11.6 Å². The molecule has 1 aromatic rings. The zero-order chi connectivity index (χ0) is 10.8. The minimum absolute atomic E-state index is 0.117. The quantitative estimate of drug-likeness (QED) is 0.646. The van der Waals surface area contributed by atoms with E-state index in [0.717, 1.165) is 18.4 Å². The number of aryl methyl sites for hydroxylation is 1. The molecule has 0 aliphatic carbocycles. The molecule has 0 nitrogen and oxygen atoms in total. The largest absolute Gasteiger partial charge is 0.207 e. The molecular weight excluding hydrogens is 174 g/mol. The van der Waals surface area contributed by atoms with Crippen molar-refractivity contribution in [1.29, 1.82) is 0 Å². The second-order valence-corrected chi connectivity index (χ2v) is 4.23. The summed E-state index contributed by atoms with van der Waals surface area (Å²) in [5.41, 5.74) is 2.35. The van der Waals surface area contributed by atoms with Gasteiger partial charge in [0.25, 0.3) is 0 Å². The van der Waals surface area contributed by atoms with Crippen LogP contribution in [0, 0.1) is 12.7 Å². The van der Waals surface area contributed by atoms with Crippen LogP contribution in [0.2, 0.25) is 0 Å². The van der Waals surface area contributed by atoms with Gasteiger partial charge in [0.1, 0.15) is 13.7 Å². The second-order valence-electron chi connectivity index (χ2n) is 4.23. The Balaban J connectivity index is 3.22. The van der Waals surface area contributed by atoms with Crippen molar-refractivity contribution in [3.05, 3.63) is 35.1 Å². The van der Waals surface area contributed by atoms with Crippen LogP contribution in [0.25, 0.3) is 0 Å². The highest BCUT2D eigenvalue weighted by Gasteiger charge is 2.24. The smallest absolute Gasteiger partial charge is 0.123 e. The first-order valence-electron chi connectivity index (χ1n) is 5.30. The van der Waals surface area contributed by atoms with E-state index < -0.39 is 0 Å². The van der Waals surface area contributed by atoms with Crippen molar-refractivity contribution < 1.29 is 4.39 Å². The van der Waals surface area contributed by atoms with E-state index >= 15 is 0 Å². The molecule has 1 aromatic carbocycles. The number of hydrogen-bond acceptors (Lipinski definition) is 0. The predicted octanol–water partition coefficient (Wildman–Crippen LogP) is 2.78. The van der Waals surface area contributed by atoms with Gasteiger partial charge in [-0.3, -0.25) is 0 Å². The van der Waals surface area contributed by atoms with Crippen LogP contribution in [-0.4, -0.2) is 7.85 Å². The molecule has 0 fully saturated rings. The highest BCUT2D eigenvalue weighted by molar-refractivity contribution is 6.16. The zero-order valence-corrected chi connectivity index (χ0v) is 9.52. The first kappa shape index (κ1) is 11.3. The Hall–Kier alpha value is -0.785. The third kappa shape index (κ3) is 2.00. The molecule has 14 heavy (non-hydrogen) atoms. The number of rotatable bonds is 3. The lowest BCUT2D eigenvalue weighted by atomic mass is 9.60. The summed E-state index contributed by atoms with van der Waals surface area (Å²) in [5.74, 6) is -0.126. The van der Waals surface area contributed by atoms with Crippen LogP contribution in [0.15, 0.2) is 18.2 Å². The van der Waals surface area contributed by atoms with Gasteiger partial charge in [-0.15, -0.1) is 0 Å². The van der Waals surface area contributed by atoms with Gasteiger partial charge in [0.15, 0.2) is 0 Å². The molecule has 0 unspecified atom stereocenters. The van der Waals surface area contributed by atoms with Crippen molar-refractivity contribution >= 4 is 7.85 Å². The molecule has 1 rings (SSSR count). The first-order valence-corrected chi connectivity index (χ1v) is 5.30. The second kappa shape index (κ2) is 4.16. The number of benzene rings is 1. The van der Waals surface area contributed by atoms with E-state index in [1.807, 2.05) is 6.07 Å². The zero-order valence-electron chi connectivity index (χ0n) is 9.52. The summed E-state index contributed by atoms with van der Waals surface area (Å²) in [4.78, 5) is 0. The molecule has 0 aromatic heterocycles. The van der Waals surface area contributed by atoms with Crippen LogP contribution < -0.4 is 0 Å². The minimum atomic E-state index is -0.126. The molecule has 0 saturated carbocycles. The molecule has 0 spiro atoms. The van der Waals surface area contributed by atoms with Gasteiger partial charge in [-0.25, -0.2) is 4.39 Å². The molecule has 2 heteroatoms. The maximum Gasteiger partial charge on any atom is 0.123 e. The summed E-state index contributed by atoms with van der Waals surface area (Å²) in [6.45, 7) is 6.38. The van der Waals surface area contributed by atoms with Crippen LogP contribution in [-0.2, 0) is 5.31 Å². The van der Waals surface area contributed by atoms with Gasteiger partial charge in [-0.2, -0.15) is 0 Å². The van der Waals surface area contributed by atoms with Gasteiger partial charge in [0.2, 0.25) is 0 Å². The van der Waals surface area contributed by atoms with E-state index in [-0.39, 0.29) is 11.1 Å². The molecule has 0 radical (unpaired) electrons. The Morgan fingerprint density at radius 1 is 1.29 bits per heavy atom. The van der Waals surface area contributed by atoms with E-state index in [2.05, 4.69) is 28.6 Å². The van der Waals surface area contributed by atoms with Crippen molar-refractivity contribution in [2.24, 2.45) is 0 Å². The molecule has 0 atom stereocenters. The van der Waals surface area contributed by atoms with Gasteiger partial charge >= 0.3 is 0 Å². The van der Waals surface area contributed by atoms with E-state index in [0.29, 0.717) is 0 Å². The SMILES string of the molecule is BC(CC)(CC)c1cc(F)ccc1C. The van der Waals surface area contributed by atoms with E-state index in [9.17, 15) is 4.39 Å². The van der Waals surface area contributed by atoms with Crippen LogP contribution in [0.3, 0.4) is 0 Å². The van der Waals surface area contributed by atoms with Crippen molar-refractivity contribution in [2.45, 2.75) is 38.9 Å². The standard InChI is InChI=1S/C12H18BF/c1-4-12(13,5-2)11-8-10(14)7-6-9(11)3/h6-8H,4-5,13H2,1-3H3. The van der Waals surface area contributed by atoms with Crippen molar-refractivity contribution in [2.75, 3.05) is 0 Å². The molecule has 0 saturated heterocycles. The van der Waals surface area contributed by atoms with Gasteiger partial charge < -0.3 is 0 Å². The monoisotopic (exact) mass is 192 g/mol. The van der Waals surface area contributed by atoms with Crippen LogP contribution >= 0.6 is 0 Å². The lowest BCUT2D eigenvalue weighted by Gasteiger charge is -2.29. The summed E-state index contributed by atoms with van der Waals surface area (Å²) >= 11 is 0. The van der Waals surface area contributed by atoms with Gasteiger partial charge in [0, 0.05) is 0 Å². The van der Waals surface area contributed by atoms with Gasteiger partial charge in [0.05, 0.1) is 0 Å². The van der Waals surface area contributed by atoms with Gasteiger partial charge in [-0.1, -0.05) is 32.8 Å². The molecular formula is C12H18BF. The fourth-order valence-electron chi connectivity index (χ4n) is 1.88. The first-order chi connectivity index (χ1) is 6.53. The lowest BCUT2D eigenvalue weighted by molar-refractivity contribution is 0.551. The summed E-state index contributed by atoms with van der Waals surface area (Å²) < 4.78 is 13.2. The summed E-state index contributed by atoms with van der Waals surface area (Å²) in [5, 5.41) is 0.117.